The number of nitrogens with one attached hydrogen (secondary N) is 1. The van der Waals surface area contributed by atoms with Gasteiger partial charge >= 0.3 is 6.18 Å². The van der Waals surface area contributed by atoms with Gasteiger partial charge in [-0.1, -0.05) is 23.7 Å². The van der Waals surface area contributed by atoms with Crippen LogP contribution in [0.25, 0.3) is 10.9 Å². The molecular weight excluding hydrogens is 358 g/mol. The summed E-state index contributed by atoms with van der Waals surface area (Å²) in [6.07, 6.45) is -1.99. The zero-order chi connectivity index (χ0) is 18.0. The molecule has 2 aromatic carbocycles. The Labute approximate surface area is 145 Å². The number of anilines is 1. The molecule has 3 nitrogen and oxygen atoms in total. The third kappa shape index (κ3) is 3.88. The first-order chi connectivity index (χ1) is 11.8. The van der Waals surface area contributed by atoms with Gasteiger partial charge in [-0.2, -0.15) is 18.3 Å². The van der Waals surface area contributed by atoms with Crippen molar-refractivity contribution >= 4 is 34.4 Å². The summed E-state index contributed by atoms with van der Waals surface area (Å²) in [6.45, 7) is 0. The van der Waals surface area contributed by atoms with Crippen LogP contribution in [0.5, 0.6) is 0 Å². The van der Waals surface area contributed by atoms with Crippen LogP contribution in [0.15, 0.2) is 53.8 Å². The predicted octanol–water partition coefficient (Wildman–Crippen LogP) is 5.49. The molecule has 0 unspecified atom stereocenters. The van der Waals surface area contributed by atoms with Crippen LogP contribution >= 0.6 is 11.6 Å². The molecule has 0 aliphatic heterocycles. The van der Waals surface area contributed by atoms with Gasteiger partial charge in [0.2, 0.25) is 0 Å². The van der Waals surface area contributed by atoms with Crippen molar-refractivity contribution in [1.82, 2.24) is 4.98 Å². The zero-order valence-corrected chi connectivity index (χ0v) is 13.2. The second kappa shape index (κ2) is 6.68. The Morgan fingerprint density at radius 2 is 1.92 bits per heavy atom. The van der Waals surface area contributed by atoms with Gasteiger partial charge in [-0.15, -0.1) is 0 Å². The molecule has 0 saturated carbocycles. The number of alkyl halides is 3. The van der Waals surface area contributed by atoms with Gasteiger partial charge in [0.05, 0.1) is 23.0 Å². The summed E-state index contributed by atoms with van der Waals surface area (Å²) < 4.78 is 52.6. The van der Waals surface area contributed by atoms with Crippen molar-refractivity contribution in [3.63, 3.8) is 0 Å². The number of hydrogen-bond donors (Lipinski definition) is 1. The van der Waals surface area contributed by atoms with Crippen molar-refractivity contribution in [2.45, 2.75) is 6.18 Å². The Bertz CT molecular complexity index is 954. The van der Waals surface area contributed by atoms with E-state index < -0.39 is 17.6 Å². The molecule has 0 fully saturated rings. The molecule has 0 atom stereocenters. The monoisotopic (exact) mass is 367 g/mol. The van der Waals surface area contributed by atoms with E-state index in [0.717, 1.165) is 6.07 Å². The van der Waals surface area contributed by atoms with Gasteiger partial charge in [0.1, 0.15) is 5.82 Å². The molecule has 1 N–H and O–H groups in total. The molecule has 0 aliphatic rings. The minimum Gasteiger partial charge on any atom is -0.278 e. The third-order valence-corrected chi connectivity index (χ3v) is 3.58. The Hall–Kier alpha value is -2.67. The Kier molecular flexibility index (Phi) is 4.59. The molecule has 0 amide bonds. The van der Waals surface area contributed by atoms with Gasteiger partial charge in [-0.25, -0.2) is 4.39 Å². The van der Waals surface area contributed by atoms with Crippen molar-refractivity contribution in [2.75, 3.05) is 5.43 Å². The number of benzene rings is 2. The number of nitrogens with zero attached hydrogens (tertiary/aromatic N) is 2. The average molecular weight is 368 g/mol. The highest BCUT2D eigenvalue weighted by Crippen LogP contribution is 2.37. The minimum atomic E-state index is -4.58. The van der Waals surface area contributed by atoms with Crippen molar-refractivity contribution < 1.29 is 17.6 Å². The molecule has 3 aromatic rings. The van der Waals surface area contributed by atoms with E-state index >= 15 is 0 Å². The maximum atomic E-state index is 13.2. The van der Waals surface area contributed by atoms with Crippen LogP contribution in [0.4, 0.5) is 23.2 Å². The number of halogens is 5. The van der Waals surface area contributed by atoms with Crippen molar-refractivity contribution in [1.29, 1.82) is 0 Å². The van der Waals surface area contributed by atoms with Crippen LogP contribution in [0.2, 0.25) is 5.02 Å². The lowest BCUT2D eigenvalue weighted by atomic mass is 10.1. The van der Waals surface area contributed by atoms with Crippen LogP contribution in [0, 0.1) is 5.82 Å². The topological polar surface area (TPSA) is 37.3 Å². The maximum Gasteiger partial charge on any atom is 0.418 e. The van der Waals surface area contributed by atoms with Gasteiger partial charge in [0, 0.05) is 16.6 Å². The Balaban J connectivity index is 1.98. The van der Waals surface area contributed by atoms with E-state index in [0.29, 0.717) is 11.3 Å². The van der Waals surface area contributed by atoms with E-state index in [2.05, 4.69) is 15.5 Å². The molecular formula is C17H10ClF4N3. The first-order valence-electron chi connectivity index (χ1n) is 7.05. The SMILES string of the molecule is Fc1cccc(/C=N/Nc2ccnc3c(C(F)(F)F)cc(Cl)cc23)c1. The number of hydrogen-bond acceptors (Lipinski definition) is 3. The fourth-order valence-electron chi connectivity index (χ4n) is 2.30. The lowest BCUT2D eigenvalue weighted by molar-refractivity contribution is -0.136. The van der Waals surface area contributed by atoms with E-state index in [4.69, 9.17) is 11.6 Å². The summed E-state index contributed by atoms with van der Waals surface area (Å²) >= 11 is 5.81. The first kappa shape index (κ1) is 17.2. The van der Waals surface area contributed by atoms with Crippen LogP contribution in [0.1, 0.15) is 11.1 Å². The molecule has 0 bridgehead atoms. The maximum absolute atomic E-state index is 13.2. The lowest BCUT2D eigenvalue weighted by Crippen LogP contribution is -2.07. The van der Waals surface area contributed by atoms with E-state index in [1.54, 1.807) is 6.07 Å². The van der Waals surface area contributed by atoms with E-state index in [9.17, 15) is 17.6 Å². The van der Waals surface area contributed by atoms with Crippen molar-refractivity contribution in [3.05, 3.63) is 70.6 Å². The summed E-state index contributed by atoms with van der Waals surface area (Å²) in [4.78, 5) is 3.81. The summed E-state index contributed by atoms with van der Waals surface area (Å²) in [5.74, 6) is -0.417. The summed E-state index contributed by atoms with van der Waals surface area (Å²) in [5.41, 5.74) is 2.28. The van der Waals surface area contributed by atoms with Crippen molar-refractivity contribution in [2.24, 2.45) is 5.10 Å². The number of rotatable bonds is 3. The molecule has 25 heavy (non-hydrogen) atoms. The number of pyridine rings is 1. The molecule has 8 heteroatoms. The minimum absolute atomic E-state index is 0.0648. The quantitative estimate of drug-likeness (QED) is 0.377. The van der Waals surface area contributed by atoms with Gasteiger partial charge in [-0.05, 0) is 35.9 Å². The fraction of sp³-hybridized carbons (Fsp3) is 0.0588. The highest BCUT2D eigenvalue weighted by atomic mass is 35.5. The van der Waals surface area contributed by atoms with Crippen LogP contribution in [0.3, 0.4) is 0 Å². The normalized spacial score (nSPS) is 12.0. The first-order valence-corrected chi connectivity index (χ1v) is 7.42. The summed E-state index contributed by atoms with van der Waals surface area (Å²) in [7, 11) is 0. The fourth-order valence-corrected chi connectivity index (χ4v) is 2.51. The second-order valence-electron chi connectivity index (χ2n) is 5.13. The standard InChI is InChI=1S/C17H10ClF4N3/c18-11-7-13-15(25-24-9-10-2-1-3-12(19)6-10)4-5-23-16(13)14(8-11)17(20,21)22/h1-9H,(H,23,25)/b24-9+. The molecule has 128 valence electrons. The largest absolute Gasteiger partial charge is 0.418 e. The summed E-state index contributed by atoms with van der Waals surface area (Å²) in [5, 5.41) is 4.05. The van der Waals surface area contributed by atoms with Crippen molar-refractivity contribution in [3.8, 4) is 0 Å². The predicted molar refractivity (Wildman–Crippen MR) is 89.4 cm³/mol. The van der Waals surface area contributed by atoms with Crippen LogP contribution in [-0.2, 0) is 6.18 Å². The Morgan fingerprint density at radius 1 is 1.12 bits per heavy atom. The van der Waals surface area contributed by atoms with Gasteiger partial charge in [0.15, 0.2) is 0 Å². The highest BCUT2D eigenvalue weighted by molar-refractivity contribution is 6.31. The smallest absolute Gasteiger partial charge is 0.278 e. The number of hydrazone groups is 1. The van der Waals surface area contributed by atoms with E-state index in [-0.39, 0.29) is 15.9 Å². The molecule has 0 saturated heterocycles. The zero-order valence-electron chi connectivity index (χ0n) is 12.5. The van der Waals surface area contributed by atoms with Crippen LogP contribution < -0.4 is 5.43 Å². The average Bonchev–Trinajstić information content (AvgIpc) is 2.54. The number of fused-ring (bicyclic) bond motifs is 1. The molecule has 1 aromatic heterocycles. The second-order valence-corrected chi connectivity index (χ2v) is 5.57. The Morgan fingerprint density at radius 3 is 2.64 bits per heavy atom. The van der Waals surface area contributed by atoms with Crippen LogP contribution in [-0.4, -0.2) is 11.2 Å². The van der Waals surface area contributed by atoms with Gasteiger partial charge in [0.25, 0.3) is 0 Å². The molecule has 1 heterocycles. The van der Waals surface area contributed by atoms with E-state index in [1.807, 2.05) is 0 Å². The highest BCUT2D eigenvalue weighted by Gasteiger charge is 2.34. The lowest BCUT2D eigenvalue weighted by Gasteiger charge is -2.12. The third-order valence-electron chi connectivity index (χ3n) is 3.36. The molecule has 0 aliphatic carbocycles. The molecule has 0 spiro atoms. The summed E-state index contributed by atoms with van der Waals surface area (Å²) in [6, 6.07) is 9.40. The van der Waals surface area contributed by atoms with Gasteiger partial charge < -0.3 is 0 Å². The molecule has 0 radical (unpaired) electrons. The number of aromatic nitrogens is 1. The molecule has 3 rings (SSSR count). The van der Waals surface area contributed by atoms with E-state index in [1.165, 1.54) is 42.7 Å². The van der Waals surface area contributed by atoms with Gasteiger partial charge in [-0.3, -0.25) is 10.4 Å².